The number of nitrogens with zero attached hydrogens (tertiary/aromatic N) is 6. The predicted octanol–water partition coefficient (Wildman–Crippen LogP) is -0.151. The molecule has 224 valence electrons. The van der Waals surface area contributed by atoms with Crippen LogP contribution in [0.1, 0.15) is 25.3 Å². The van der Waals surface area contributed by atoms with Crippen LogP contribution in [0, 0.1) is 0 Å². The number of nitrogen functional groups attached to an aromatic ring is 2. The summed E-state index contributed by atoms with van der Waals surface area (Å²) in [7, 11) is 0. The number of hydrogen-bond donors (Lipinski definition) is 6. The summed E-state index contributed by atoms with van der Waals surface area (Å²) >= 11 is 8.77. The fraction of sp³-hybridized carbons (Fsp3) is 0.526. The van der Waals surface area contributed by atoms with Gasteiger partial charge < -0.3 is 44.9 Å². The number of anilines is 2. The molecule has 2 fully saturated rings. The van der Waals surface area contributed by atoms with E-state index in [0.29, 0.717) is 11.2 Å². The van der Waals surface area contributed by atoms with Gasteiger partial charge in [0.1, 0.15) is 48.4 Å². The van der Waals surface area contributed by atoms with Crippen molar-refractivity contribution in [3.8, 4) is 0 Å². The maximum absolute atomic E-state index is 12.2. The lowest BCUT2D eigenvalue weighted by Gasteiger charge is -2.25. The third-order valence-electron chi connectivity index (χ3n) is 6.34. The Labute approximate surface area is 241 Å². The van der Waals surface area contributed by atoms with Gasteiger partial charge in [0.05, 0.1) is 25.6 Å². The zero-order chi connectivity index (χ0) is 29.5. The second-order valence-corrected chi connectivity index (χ2v) is 14.6. The van der Waals surface area contributed by atoms with E-state index in [0.717, 1.165) is 0 Å². The second-order valence-electron chi connectivity index (χ2n) is 9.08. The van der Waals surface area contributed by atoms with Gasteiger partial charge in [0.25, 0.3) is 0 Å². The molecule has 2 aliphatic rings. The van der Waals surface area contributed by atoms with E-state index in [-0.39, 0.29) is 24.5 Å². The van der Waals surface area contributed by atoms with E-state index in [1.807, 2.05) is 0 Å². The van der Waals surface area contributed by atoms with Crippen molar-refractivity contribution in [1.82, 2.24) is 29.1 Å². The lowest BCUT2D eigenvalue weighted by atomic mass is 10.2. The molecule has 0 amide bonds. The van der Waals surface area contributed by atoms with E-state index in [9.17, 15) is 24.3 Å². The standard InChI is InChI=1S/C19H26N8O10P2S2/c20-13-1-2-26(19(29)25-13)14-3-9(11(5-28)34-14)37-39(32,41)33-6-12-10(36-38(30,31)40)4-15(35-12)27-8-24-16-17(21)22-7-23-18(16)27/h1-2,7-12,14-15,28H,3-6H2,(H,32,41)(H2,20,25,29)(H2,21,22,23)(H2,30,31,40)/t9-,10-,11-,12-,14-,15-,39?/m1/s1. The molecule has 0 bridgehead atoms. The van der Waals surface area contributed by atoms with Gasteiger partial charge in [-0.2, -0.15) is 4.98 Å². The number of rotatable bonds is 10. The van der Waals surface area contributed by atoms with Crippen LogP contribution < -0.4 is 17.2 Å². The molecule has 7 N–H and O–H groups in total. The Morgan fingerprint density at radius 1 is 1.10 bits per heavy atom. The van der Waals surface area contributed by atoms with Crippen LogP contribution in [0.3, 0.4) is 0 Å². The zero-order valence-electron chi connectivity index (χ0n) is 20.9. The fourth-order valence-corrected chi connectivity index (χ4v) is 6.96. The summed E-state index contributed by atoms with van der Waals surface area (Å²) < 4.78 is 42.7. The number of aliphatic hydroxyl groups excluding tert-OH is 1. The maximum Gasteiger partial charge on any atom is 0.383 e. The minimum Gasteiger partial charge on any atom is -0.394 e. The molecule has 0 saturated carbocycles. The van der Waals surface area contributed by atoms with E-state index in [1.165, 1.54) is 29.5 Å². The molecule has 5 heterocycles. The van der Waals surface area contributed by atoms with Crippen LogP contribution >= 0.6 is 25.8 Å². The minimum atomic E-state index is -4.26. The molecule has 0 radical (unpaired) electrons. The van der Waals surface area contributed by atoms with E-state index in [4.69, 9.17) is 46.3 Å². The largest absolute Gasteiger partial charge is 0.394 e. The van der Waals surface area contributed by atoms with E-state index in [1.54, 1.807) is 4.57 Å². The van der Waals surface area contributed by atoms with Crippen LogP contribution in [0.15, 0.2) is 29.7 Å². The SMILES string of the molecule is Nc1ccn([C@H]2C[C@@H](OP(O)(=S)OC[C@H]3O[C@@H](n4cnc5c(N)ncnc54)C[C@H]3OP(=O)(O)S)[C@@H](CO)O2)c(=O)n1. The summed E-state index contributed by atoms with van der Waals surface area (Å²) in [5, 5.41) is 9.78. The number of aromatic nitrogens is 6. The summed E-state index contributed by atoms with van der Waals surface area (Å²) in [5.41, 5.74) is 11.4. The number of aliphatic hydroxyl groups is 1. The Bertz CT molecular complexity index is 1570. The van der Waals surface area contributed by atoms with Crippen LogP contribution in [0.5, 0.6) is 0 Å². The van der Waals surface area contributed by atoms with Crippen molar-refractivity contribution in [2.45, 2.75) is 49.7 Å². The molecule has 18 nitrogen and oxygen atoms in total. The molecule has 3 aromatic heterocycles. The molecule has 41 heavy (non-hydrogen) atoms. The lowest BCUT2D eigenvalue weighted by Crippen LogP contribution is -2.30. The number of imidazole rings is 1. The highest BCUT2D eigenvalue weighted by atomic mass is 32.7. The lowest BCUT2D eigenvalue weighted by molar-refractivity contribution is -0.0505. The molecular weight excluding hydrogens is 626 g/mol. The molecule has 5 rings (SSSR count). The van der Waals surface area contributed by atoms with E-state index in [2.05, 4.69) is 32.2 Å². The summed E-state index contributed by atoms with van der Waals surface area (Å²) in [5.74, 6) is 0.187. The van der Waals surface area contributed by atoms with Gasteiger partial charge in [-0.05, 0) is 17.9 Å². The zero-order valence-corrected chi connectivity index (χ0v) is 24.4. The van der Waals surface area contributed by atoms with Gasteiger partial charge in [0.15, 0.2) is 11.5 Å². The summed E-state index contributed by atoms with van der Waals surface area (Å²) in [6.07, 6.45) is -1.43. The first-order valence-electron chi connectivity index (χ1n) is 11.9. The number of fused-ring (bicyclic) bond motifs is 1. The van der Waals surface area contributed by atoms with Gasteiger partial charge in [-0.1, -0.05) is 12.2 Å². The summed E-state index contributed by atoms with van der Waals surface area (Å²) in [6, 6.07) is 1.41. The van der Waals surface area contributed by atoms with Crippen molar-refractivity contribution in [1.29, 1.82) is 0 Å². The number of ether oxygens (including phenoxy) is 2. The first kappa shape index (κ1) is 30.4. The van der Waals surface area contributed by atoms with Crippen molar-refractivity contribution >= 4 is 60.4 Å². The summed E-state index contributed by atoms with van der Waals surface area (Å²) in [6.45, 7) is -9.18. The molecule has 0 aliphatic carbocycles. The first-order valence-corrected chi connectivity index (χ1v) is 17.2. The molecule has 3 aromatic rings. The molecule has 2 unspecified atom stereocenters. The summed E-state index contributed by atoms with van der Waals surface area (Å²) in [4.78, 5) is 48.7. The van der Waals surface area contributed by atoms with Crippen LogP contribution in [0.4, 0.5) is 11.6 Å². The van der Waals surface area contributed by atoms with Gasteiger partial charge in [-0.15, -0.1) is 0 Å². The van der Waals surface area contributed by atoms with Crippen molar-refractivity contribution in [3.05, 3.63) is 35.4 Å². The Morgan fingerprint density at radius 2 is 1.78 bits per heavy atom. The van der Waals surface area contributed by atoms with Gasteiger partial charge in [-0.25, -0.2) is 24.3 Å². The molecular formula is C19H26N8O10P2S2. The molecule has 2 aliphatic heterocycles. The van der Waals surface area contributed by atoms with Crippen molar-refractivity contribution in [2.75, 3.05) is 24.7 Å². The highest BCUT2D eigenvalue weighted by Gasteiger charge is 2.43. The Morgan fingerprint density at radius 3 is 2.46 bits per heavy atom. The average molecular weight is 653 g/mol. The minimum absolute atomic E-state index is 0.0266. The Kier molecular flexibility index (Phi) is 8.83. The van der Waals surface area contributed by atoms with Gasteiger partial charge in [0.2, 0.25) is 0 Å². The van der Waals surface area contributed by atoms with Gasteiger partial charge in [0, 0.05) is 19.0 Å². The van der Waals surface area contributed by atoms with Gasteiger partial charge in [-0.3, -0.25) is 13.7 Å². The number of hydrogen-bond acceptors (Lipinski definition) is 15. The Balaban J connectivity index is 1.27. The van der Waals surface area contributed by atoms with Crippen molar-refractivity contribution in [3.63, 3.8) is 0 Å². The van der Waals surface area contributed by atoms with Crippen molar-refractivity contribution in [2.24, 2.45) is 0 Å². The number of thiol groups is 1. The average Bonchev–Trinajstić information content (AvgIpc) is 3.59. The smallest absolute Gasteiger partial charge is 0.383 e. The highest BCUT2D eigenvalue weighted by Crippen LogP contribution is 2.53. The molecule has 22 heteroatoms. The quantitative estimate of drug-likeness (QED) is 0.123. The third kappa shape index (κ3) is 6.96. The van der Waals surface area contributed by atoms with E-state index < -0.39 is 69.3 Å². The predicted molar refractivity (Wildman–Crippen MR) is 148 cm³/mol. The highest BCUT2D eigenvalue weighted by molar-refractivity contribution is 8.44. The van der Waals surface area contributed by atoms with Crippen LogP contribution in [0.25, 0.3) is 11.2 Å². The second kappa shape index (κ2) is 11.9. The van der Waals surface area contributed by atoms with Crippen LogP contribution in [0.2, 0.25) is 0 Å². The van der Waals surface area contributed by atoms with Gasteiger partial charge >= 0.3 is 19.2 Å². The maximum atomic E-state index is 12.2. The third-order valence-corrected chi connectivity index (χ3v) is 8.76. The number of nitrogens with two attached hydrogens (primary N) is 2. The fourth-order valence-electron chi connectivity index (χ4n) is 4.55. The van der Waals surface area contributed by atoms with Crippen molar-refractivity contribution < 1.29 is 42.5 Å². The van der Waals surface area contributed by atoms with Crippen LogP contribution in [-0.4, -0.2) is 81.6 Å². The Hall–Kier alpha value is -2.06. The molecule has 0 aromatic carbocycles. The monoisotopic (exact) mass is 652 g/mol. The topological polar surface area (TPSA) is 254 Å². The van der Waals surface area contributed by atoms with E-state index >= 15 is 0 Å². The normalized spacial score (nSPS) is 29.5. The molecule has 2 saturated heterocycles. The van der Waals surface area contributed by atoms with Crippen LogP contribution in [-0.2, 0) is 39.4 Å². The first-order chi connectivity index (χ1) is 19.3. The molecule has 8 atom stereocenters. The molecule has 0 spiro atoms.